The van der Waals surface area contributed by atoms with Gasteiger partial charge in [0, 0.05) is 29.1 Å². The Labute approximate surface area is 258 Å². The molecule has 0 spiro atoms. The lowest BCUT2D eigenvalue weighted by Crippen LogP contribution is -2.54. The third-order valence-corrected chi connectivity index (χ3v) is 9.23. The Bertz CT molecular complexity index is 1510. The van der Waals surface area contributed by atoms with E-state index in [1.54, 1.807) is 30.3 Å². The first-order valence-corrected chi connectivity index (χ1v) is 16.6. The highest BCUT2D eigenvalue weighted by atomic mass is 35.5. The topological polar surface area (TPSA) is 86.8 Å². The lowest BCUT2D eigenvalue weighted by atomic mass is 10.0. The monoisotopic (exact) mass is 629 g/mol. The fraction of sp³-hybridized carbons (Fsp3) is 0.375. The zero-order valence-corrected chi connectivity index (χ0v) is 26.5. The number of nitrogens with zero attached hydrogens (tertiary/aromatic N) is 2. The number of hydrogen-bond donors (Lipinski definition) is 1. The molecule has 42 heavy (non-hydrogen) atoms. The molecule has 0 saturated heterocycles. The summed E-state index contributed by atoms with van der Waals surface area (Å²) in [5, 5.41) is 3.95. The van der Waals surface area contributed by atoms with Crippen LogP contribution in [0.4, 0.5) is 5.69 Å². The zero-order valence-electron chi connectivity index (χ0n) is 24.1. The predicted octanol–water partition coefficient (Wildman–Crippen LogP) is 6.08. The molecule has 224 valence electrons. The number of amides is 2. The summed E-state index contributed by atoms with van der Waals surface area (Å²) in [6.07, 6.45) is 5.17. The van der Waals surface area contributed by atoms with Crippen LogP contribution in [0.3, 0.4) is 0 Å². The number of anilines is 1. The molecule has 4 rings (SSSR count). The molecule has 1 saturated carbocycles. The molecule has 2 amide bonds. The molecule has 0 aromatic heterocycles. The standard InChI is InChI=1S/C32H37Cl2N3O4S/c1-22-15-23(2)17-28(16-22)37(42(3,40)41)21-31(38)36(20-25-13-14-26(33)19-29(25)34)30(18-24-9-5-4-6-10-24)32(39)35-27-11-7-8-12-27/h4-6,9-10,13-17,19,27,30H,7-8,11-12,18,20-21H2,1-3H3,(H,35,39)/t30-/m1/s1. The molecule has 1 N–H and O–H groups in total. The first-order chi connectivity index (χ1) is 19.9. The number of carbonyl (C=O) groups excluding carboxylic acids is 2. The van der Waals surface area contributed by atoms with E-state index in [2.05, 4.69) is 5.32 Å². The summed E-state index contributed by atoms with van der Waals surface area (Å²) >= 11 is 12.7. The van der Waals surface area contributed by atoms with Crippen molar-refractivity contribution in [3.05, 3.63) is 99.0 Å². The number of sulfonamides is 1. The zero-order chi connectivity index (χ0) is 30.4. The number of benzene rings is 3. The van der Waals surface area contributed by atoms with Gasteiger partial charge in [-0.25, -0.2) is 8.42 Å². The summed E-state index contributed by atoms with van der Waals surface area (Å²) in [4.78, 5) is 29.7. The molecular formula is C32H37Cl2N3O4S. The maximum Gasteiger partial charge on any atom is 0.244 e. The molecule has 1 atom stereocenters. The molecule has 3 aromatic carbocycles. The van der Waals surface area contributed by atoms with Crippen LogP contribution >= 0.6 is 23.2 Å². The van der Waals surface area contributed by atoms with Gasteiger partial charge in [-0.05, 0) is 73.2 Å². The van der Waals surface area contributed by atoms with E-state index < -0.39 is 28.5 Å². The summed E-state index contributed by atoms with van der Waals surface area (Å²) in [5.74, 6) is -0.797. The van der Waals surface area contributed by atoms with Gasteiger partial charge in [0.2, 0.25) is 21.8 Å². The van der Waals surface area contributed by atoms with Crippen molar-refractivity contribution < 1.29 is 18.0 Å². The molecule has 1 fully saturated rings. The molecule has 3 aromatic rings. The average molecular weight is 631 g/mol. The highest BCUT2D eigenvalue weighted by molar-refractivity contribution is 7.92. The fourth-order valence-electron chi connectivity index (χ4n) is 5.46. The van der Waals surface area contributed by atoms with Gasteiger partial charge in [0.1, 0.15) is 12.6 Å². The van der Waals surface area contributed by atoms with Crippen LogP contribution in [0.2, 0.25) is 10.0 Å². The minimum atomic E-state index is -3.85. The van der Waals surface area contributed by atoms with E-state index in [-0.39, 0.29) is 24.9 Å². The minimum Gasteiger partial charge on any atom is -0.352 e. The van der Waals surface area contributed by atoms with Crippen molar-refractivity contribution in [2.45, 2.75) is 64.6 Å². The van der Waals surface area contributed by atoms with Crippen molar-refractivity contribution in [1.82, 2.24) is 10.2 Å². The van der Waals surface area contributed by atoms with Gasteiger partial charge >= 0.3 is 0 Å². The molecule has 0 radical (unpaired) electrons. The summed E-state index contributed by atoms with van der Waals surface area (Å²) in [6.45, 7) is 3.26. The van der Waals surface area contributed by atoms with Gasteiger partial charge in [0.05, 0.1) is 11.9 Å². The lowest BCUT2D eigenvalue weighted by molar-refractivity contribution is -0.140. The Balaban J connectivity index is 1.76. The number of halogens is 2. The first-order valence-electron chi connectivity index (χ1n) is 14.0. The average Bonchev–Trinajstić information content (AvgIpc) is 3.42. The number of carbonyl (C=O) groups is 2. The smallest absolute Gasteiger partial charge is 0.244 e. The molecular weight excluding hydrogens is 593 g/mol. The van der Waals surface area contributed by atoms with Crippen molar-refractivity contribution in [3.8, 4) is 0 Å². The second-order valence-electron chi connectivity index (χ2n) is 11.1. The summed E-state index contributed by atoms with van der Waals surface area (Å²) in [5.41, 5.74) is 3.60. The van der Waals surface area contributed by atoms with Gasteiger partial charge in [0.15, 0.2) is 0 Å². The summed E-state index contributed by atoms with van der Waals surface area (Å²) in [6, 6.07) is 19.0. The molecule has 7 nitrogen and oxygen atoms in total. The third-order valence-electron chi connectivity index (χ3n) is 7.50. The Morgan fingerprint density at radius 3 is 2.19 bits per heavy atom. The highest BCUT2D eigenvalue weighted by Gasteiger charge is 2.34. The molecule has 0 heterocycles. The van der Waals surface area contributed by atoms with Crippen LogP contribution in [0.5, 0.6) is 0 Å². The van der Waals surface area contributed by atoms with Crippen LogP contribution in [-0.4, -0.2) is 50.0 Å². The second-order valence-corrected chi connectivity index (χ2v) is 13.8. The molecule has 0 unspecified atom stereocenters. The van der Waals surface area contributed by atoms with Gasteiger partial charge < -0.3 is 10.2 Å². The second kappa shape index (κ2) is 13.9. The van der Waals surface area contributed by atoms with Crippen LogP contribution in [0.15, 0.2) is 66.7 Å². The van der Waals surface area contributed by atoms with E-state index in [4.69, 9.17) is 23.2 Å². The largest absolute Gasteiger partial charge is 0.352 e. The van der Waals surface area contributed by atoms with Crippen LogP contribution in [-0.2, 0) is 32.6 Å². The molecule has 1 aliphatic carbocycles. The van der Waals surface area contributed by atoms with Crippen LogP contribution in [0.1, 0.15) is 47.9 Å². The van der Waals surface area contributed by atoms with Crippen molar-refractivity contribution in [2.75, 3.05) is 17.1 Å². The van der Waals surface area contributed by atoms with Crippen molar-refractivity contribution in [3.63, 3.8) is 0 Å². The molecule has 0 bridgehead atoms. The lowest BCUT2D eigenvalue weighted by Gasteiger charge is -2.34. The Morgan fingerprint density at radius 2 is 1.60 bits per heavy atom. The minimum absolute atomic E-state index is 0.00509. The highest BCUT2D eigenvalue weighted by Crippen LogP contribution is 2.26. The number of aryl methyl sites for hydroxylation is 2. The summed E-state index contributed by atoms with van der Waals surface area (Å²) < 4.78 is 27.2. The molecule has 10 heteroatoms. The van der Waals surface area contributed by atoms with E-state index in [0.717, 1.165) is 52.9 Å². The number of hydrogen-bond acceptors (Lipinski definition) is 4. The molecule has 1 aliphatic rings. The number of rotatable bonds is 11. The van der Waals surface area contributed by atoms with E-state index >= 15 is 0 Å². The van der Waals surface area contributed by atoms with Gasteiger partial charge in [-0.15, -0.1) is 0 Å². The first kappa shape index (κ1) is 31.9. The van der Waals surface area contributed by atoms with E-state index in [0.29, 0.717) is 21.3 Å². The van der Waals surface area contributed by atoms with Gasteiger partial charge in [-0.1, -0.05) is 78.5 Å². The van der Waals surface area contributed by atoms with E-state index in [1.165, 1.54) is 4.90 Å². The van der Waals surface area contributed by atoms with E-state index in [1.807, 2.05) is 50.2 Å². The van der Waals surface area contributed by atoms with Gasteiger partial charge in [0.25, 0.3) is 0 Å². The van der Waals surface area contributed by atoms with Crippen molar-refractivity contribution >= 4 is 50.7 Å². The van der Waals surface area contributed by atoms with Crippen LogP contribution < -0.4 is 9.62 Å². The quantitative estimate of drug-likeness (QED) is 0.279. The predicted molar refractivity (Wildman–Crippen MR) is 169 cm³/mol. The van der Waals surface area contributed by atoms with Crippen LogP contribution in [0.25, 0.3) is 0 Å². The Hall–Kier alpha value is -3.07. The van der Waals surface area contributed by atoms with Gasteiger partial charge in [-0.3, -0.25) is 13.9 Å². The third kappa shape index (κ3) is 8.49. The Morgan fingerprint density at radius 1 is 0.952 bits per heavy atom. The maximum atomic E-state index is 14.3. The van der Waals surface area contributed by atoms with Crippen molar-refractivity contribution in [2.24, 2.45) is 0 Å². The normalized spacial score (nSPS) is 14.4. The number of nitrogens with one attached hydrogen (secondary N) is 1. The van der Waals surface area contributed by atoms with Crippen LogP contribution in [0, 0.1) is 13.8 Å². The SMILES string of the molecule is Cc1cc(C)cc(N(CC(=O)N(Cc2ccc(Cl)cc2Cl)[C@H](Cc2ccccc2)C(=O)NC2CCCC2)S(C)(=O)=O)c1. The summed E-state index contributed by atoms with van der Waals surface area (Å²) in [7, 11) is -3.85. The fourth-order valence-corrected chi connectivity index (χ4v) is 6.76. The Kier molecular flexibility index (Phi) is 10.6. The van der Waals surface area contributed by atoms with Gasteiger partial charge in [-0.2, -0.15) is 0 Å². The molecule has 0 aliphatic heterocycles. The van der Waals surface area contributed by atoms with Crippen molar-refractivity contribution in [1.29, 1.82) is 0 Å². The maximum absolute atomic E-state index is 14.3. The van der Waals surface area contributed by atoms with E-state index in [9.17, 15) is 18.0 Å².